The van der Waals surface area contributed by atoms with Gasteiger partial charge in [0.25, 0.3) is 5.91 Å². The van der Waals surface area contributed by atoms with Crippen LogP contribution in [0.15, 0.2) is 58.7 Å². The maximum Gasteiger partial charge on any atom is 0.261 e. The Bertz CT molecular complexity index is 1020. The van der Waals surface area contributed by atoms with Crippen molar-refractivity contribution in [2.75, 3.05) is 11.4 Å². The van der Waals surface area contributed by atoms with Gasteiger partial charge in [-0.15, -0.1) is 0 Å². The molecule has 3 heterocycles. The van der Waals surface area contributed by atoms with E-state index in [4.69, 9.17) is 0 Å². The van der Waals surface area contributed by atoms with E-state index >= 15 is 0 Å². The number of aromatic amines is 1. The van der Waals surface area contributed by atoms with E-state index < -0.39 is 0 Å². The number of nitrogens with one attached hydrogen (secondary N) is 2. The van der Waals surface area contributed by atoms with Crippen molar-refractivity contribution in [2.24, 2.45) is 0 Å². The van der Waals surface area contributed by atoms with E-state index in [1.807, 2.05) is 31.2 Å². The van der Waals surface area contributed by atoms with Crippen LogP contribution >= 0.6 is 11.8 Å². The topological polar surface area (TPSA) is 91.0 Å². The van der Waals surface area contributed by atoms with Gasteiger partial charge < -0.3 is 5.32 Å². The van der Waals surface area contributed by atoms with Gasteiger partial charge >= 0.3 is 0 Å². The van der Waals surface area contributed by atoms with Crippen molar-refractivity contribution in [2.45, 2.75) is 23.4 Å². The van der Waals surface area contributed by atoms with Crippen LogP contribution in [0.5, 0.6) is 0 Å². The fraction of sp³-hybridized carbons (Fsp3) is 0.158. The number of benzene rings is 1. The number of aromatic nitrogens is 3. The minimum Gasteiger partial charge on any atom is -0.350 e. The second-order valence-electron chi connectivity index (χ2n) is 6.11. The van der Waals surface area contributed by atoms with Crippen LogP contribution < -0.4 is 10.2 Å². The van der Waals surface area contributed by atoms with Crippen molar-refractivity contribution in [1.82, 2.24) is 20.5 Å². The Labute approximate surface area is 160 Å². The molecule has 0 saturated carbocycles. The van der Waals surface area contributed by atoms with E-state index in [2.05, 4.69) is 20.5 Å². The van der Waals surface area contributed by atoms with E-state index in [0.717, 1.165) is 16.2 Å². The molecule has 7 nitrogen and oxygen atoms in total. The summed E-state index contributed by atoms with van der Waals surface area (Å²) in [6.07, 6.45) is 3.35. The minimum atomic E-state index is -0.240. The molecule has 0 aliphatic carbocycles. The molecule has 0 spiro atoms. The fourth-order valence-corrected chi connectivity index (χ4v) is 3.88. The van der Waals surface area contributed by atoms with Gasteiger partial charge in [0.05, 0.1) is 17.4 Å². The molecule has 2 amide bonds. The fourth-order valence-electron chi connectivity index (χ4n) is 2.86. The number of anilines is 1. The first-order valence-corrected chi connectivity index (χ1v) is 9.24. The lowest BCUT2D eigenvalue weighted by molar-refractivity contribution is -0.119. The predicted molar refractivity (Wildman–Crippen MR) is 102 cm³/mol. The minimum absolute atomic E-state index is 0.0678. The van der Waals surface area contributed by atoms with Gasteiger partial charge in [-0.25, -0.2) is 4.98 Å². The van der Waals surface area contributed by atoms with Crippen LogP contribution in [0.2, 0.25) is 0 Å². The number of aryl methyl sites for hydroxylation is 1. The number of hydrogen-bond donors (Lipinski definition) is 2. The molecule has 1 aliphatic rings. The van der Waals surface area contributed by atoms with Gasteiger partial charge in [0.1, 0.15) is 11.6 Å². The second-order valence-corrected chi connectivity index (χ2v) is 7.14. The smallest absolute Gasteiger partial charge is 0.261 e. The lowest BCUT2D eigenvalue weighted by Gasteiger charge is -2.22. The zero-order valence-corrected chi connectivity index (χ0v) is 15.4. The van der Waals surface area contributed by atoms with E-state index in [1.54, 1.807) is 24.5 Å². The molecule has 0 fully saturated rings. The quantitative estimate of drug-likeness (QED) is 0.727. The average molecular weight is 379 g/mol. The molecule has 8 heteroatoms. The SMILES string of the molecule is Cc1[nH]ncc1CNC(=O)CN1C(=O)c2cccnc2Sc2ccccc21. The first-order valence-electron chi connectivity index (χ1n) is 8.43. The summed E-state index contributed by atoms with van der Waals surface area (Å²) in [5.41, 5.74) is 3.02. The summed E-state index contributed by atoms with van der Waals surface area (Å²) in [5.74, 6) is -0.471. The summed E-state index contributed by atoms with van der Waals surface area (Å²) in [6, 6.07) is 11.0. The van der Waals surface area contributed by atoms with Crippen LogP contribution in [0.25, 0.3) is 0 Å². The summed E-state index contributed by atoms with van der Waals surface area (Å²) in [5, 5.41) is 10.3. The maximum atomic E-state index is 13.1. The van der Waals surface area contributed by atoms with Gasteiger partial charge in [-0.05, 0) is 31.2 Å². The number of hydrogen-bond acceptors (Lipinski definition) is 5. The van der Waals surface area contributed by atoms with Crippen molar-refractivity contribution in [3.05, 3.63) is 65.6 Å². The Balaban J connectivity index is 1.59. The molecular formula is C19H17N5O2S. The number of fused-ring (bicyclic) bond motifs is 2. The molecule has 0 bridgehead atoms. The normalized spacial score (nSPS) is 12.9. The molecule has 2 aromatic heterocycles. The van der Waals surface area contributed by atoms with Crippen LogP contribution in [0, 0.1) is 6.92 Å². The highest BCUT2D eigenvalue weighted by molar-refractivity contribution is 7.99. The number of rotatable bonds is 4. The molecule has 0 saturated heterocycles. The van der Waals surface area contributed by atoms with Gasteiger partial charge in [-0.1, -0.05) is 23.9 Å². The molecule has 4 rings (SSSR count). The molecule has 1 aromatic carbocycles. The monoisotopic (exact) mass is 379 g/mol. The third-order valence-corrected chi connectivity index (χ3v) is 5.41. The largest absolute Gasteiger partial charge is 0.350 e. The first kappa shape index (κ1) is 17.3. The lowest BCUT2D eigenvalue weighted by atomic mass is 10.2. The molecule has 136 valence electrons. The summed E-state index contributed by atoms with van der Waals surface area (Å²) in [4.78, 5) is 32.4. The van der Waals surface area contributed by atoms with E-state index in [0.29, 0.717) is 22.8 Å². The predicted octanol–water partition coefficient (Wildman–Crippen LogP) is 2.54. The van der Waals surface area contributed by atoms with Gasteiger partial charge in [0, 0.05) is 28.9 Å². The first-order chi connectivity index (χ1) is 13.1. The van der Waals surface area contributed by atoms with Crippen molar-refractivity contribution in [3.8, 4) is 0 Å². The Morgan fingerprint density at radius 3 is 2.93 bits per heavy atom. The van der Waals surface area contributed by atoms with Crippen molar-refractivity contribution in [3.63, 3.8) is 0 Å². The Kier molecular flexibility index (Phi) is 4.64. The Morgan fingerprint density at radius 2 is 2.11 bits per heavy atom. The molecular weight excluding hydrogens is 362 g/mol. The van der Waals surface area contributed by atoms with Crippen molar-refractivity contribution < 1.29 is 9.59 Å². The zero-order valence-electron chi connectivity index (χ0n) is 14.6. The van der Waals surface area contributed by atoms with Crippen LogP contribution in [-0.4, -0.2) is 33.5 Å². The summed E-state index contributed by atoms with van der Waals surface area (Å²) in [6.45, 7) is 2.18. The van der Waals surface area contributed by atoms with Crippen LogP contribution in [0.4, 0.5) is 5.69 Å². The Morgan fingerprint density at radius 1 is 1.26 bits per heavy atom. The van der Waals surface area contributed by atoms with Gasteiger partial charge in [-0.3, -0.25) is 19.6 Å². The molecule has 1 aliphatic heterocycles. The summed E-state index contributed by atoms with van der Waals surface area (Å²) >= 11 is 1.43. The number of H-pyrrole nitrogens is 1. The average Bonchev–Trinajstić information content (AvgIpc) is 3.05. The molecule has 0 atom stereocenters. The highest BCUT2D eigenvalue weighted by Crippen LogP contribution is 2.39. The third kappa shape index (κ3) is 3.43. The molecule has 3 aromatic rings. The van der Waals surface area contributed by atoms with Crippen molar-refractivity contribution in [1.29, 1.82) is 0 Å². The van der Waals surface area contributed by atoms with Crippen LogP contribution in [0.1, 0.15) is 21.6 Å². The van der Waals surface area contributed by atoms with Gasteiger partial charge in [0.15, 0.2) is 0 Å². The second kappa shape index (κ2) is 7.24. The third-order valence-electron chi connectivity index (χ3n) is 4.32. The summed E-state index contributed by atoms with van der Waals surface area (Å²) in [7, 11) is 0. The van der Waals surface area contributed by atoms with Crippen LogP contribution in [0.3, 0.4) is 0 Å². The number of carbonyl (C=O) groups excluding carboxylic acids is 2. The summed E-state index contributed by atoms with van der Waals surface area (Å²) < 4.78 is 0. The number of nitrogens with zero attached hydrogens (tertiary/aromatic N) is 3. The number of pyridine rings is 1. The molecule has 2 N–H and O–H groups in total. The molecule has 0 unspecified atom stereocenters. The molecule has 0 radical (unpaired) electrons. The zero-order chi connectivity index (χ0) is 18.8. The Hall–Kier alpha value is -3.13. The lowest BCUT2D eigenvalue weighted by Crippen LogP contribution is -2.40. The van der Waals surface area contributed by atoms with Gasteiger partial charge in [0.2, 0.25) is 5.91 Å². The van der Waals surface area contributed by atoms with Gasteiger partial charge in [-0.2, -0.15) is 5.10 Å². The van der Waals surface area contributed by atoms with E-state index in [-0.39, 0.29) is 18.4 Å². The van der Waals surface area contributed by atoms with E-state index in [9.17, 15) is 9.59 Å². The molecule has 27 heavy (non-hydrogen) atoms. The van der Waals surface area contributed by atoms with E-state index in [1.165, 1.54) is 16.7 Å². The van der Waals surface area contributed by atoms with Crippen LogP contribution in [-0.2, 0) is 11.3 Å². The maximum absolute atomic E-state index is 13.1. The number of carbonyl (C=O) groups is 2. The number of para-hydroxylation sites is 1. The highest BCUT2D eigenvalue weighted by atomic mass is 32.2. The standard InChI is InChI=1S/C19H17N5O2S/c1-12-13(10-22-23-12)9-21-17(25)11-24-15-6-2-3-7-16(15)27-18-14(19(24)26)5-4-8-20-18/h2-8,10H,9,11H2,1H3,(H,21,25)(H,22,23). The highest BCUT2D eigenvalue weighted by Gasteiger charge is 2.29. The number of amides is 2. The van der Waals surface area contributed by atoms with Crippen molar-refractivity contribution >= 4 is 29.3 Å².